The van der Waals surface area contributed by atoms with Crippen molar-refractivity contribution in [1.82, 2.24) is 10.2 Å². The van der Waals surface area contributed by atoms with Crippen LogP contribution in [0.3, 0.4) is 0 Å². The lowest BCUT2D eigenvalue weighted by molar-refractivity contribution is 0.151. The summed E-state index contributed by atoms with van der Waals surface area (Å²) in [6.07, 6.45) is 6.66. The average Bonchev–Trinajstić information content (AvgIpc) is 2.94. The second kappa shape index (κ2) is 8.36. The van der Waals surface area contributed by atoms with Crippen LogP contribution in [-0.2, 0) is 6.42 Å². The molecule has 2 fully saturated rings. The zero-order chi connectivity index (χ0) is 15.4. The van der Waals surface area contributed by atoms with Crippen molar-refractivity contribution in [3.8, 4) is 0 Å². The number of aryl methyl sites for hydroxylation is 1. The van der Waals surface area contributed by atoms with Crippen LogP contribution in [0.4, 0.5) is 0 Å². The number of hydrogen-bond donors (Lipinski definition) is 1. The van der Waals surface area contributed by atoms with Gasteiger partial charge in [0, 0.05) is 26.2 Å². The van der Waals surface area contributed by atoms with Crippen molar-refractivity contribution in [1.29, 1.82) is 0 Å². The standard InChI is InChI=1S/C19H29N3.HI/c1-3-20-18(22-14-12-19(15-22)10-6-11-19)21-13-9-17-8-5-4-7-16(17)2;/h4-5,7-8H,3,6,9-15H2,1-2H3,(H,20,21);1H. The molecule has 1 aromatic rings. The summed E-state index contributed by atoms with van der Waals surface area (Å²) in [5.41, 5.74) is 3.42. The topological polar surface area (TPSA) is 27.6 Å². The van der Waals surface area contributed by atoms with Gasteiger partial charge >= 0.3 is 0 Å². The minimum Gasteiger partial charge on any atom is -0.357 e. The second-order valence-corrected chi connectivity index (χ2v) is 6.94. The molecule has 1 N–H and O–H groups in total. The fraction of sp³-hybridized carbons (Fsp3) is 0.632. The predicted molar refractivity (Wildman–Crippen MR) is 109 cm³/mol. The minimum absolute atomic E-state index is 0. The van der Waals surface area contributed by atoms with Crippen LogP contribution in [0.15, 0.2) is 29.3 Å². The number of benzene rings is 1. The molecule has 1 aliphatic carbocycles. The monoisotopic (exact) mass is 427 g/mol. The Bertz CT molecular complexity index is 537. The Morgan fingerprint density at radius 1 is 1.26 bits per heavy atom. The van der Waals surface area contributed by atoms with Crippen molar-refractivity contribution in [3.63, 3.8) is 0 Å². The summed E-state index contributed by atoms with van der Waals surface area (Å²) in [5.74, 6) is 1.12. The molecule has 0 radical (unpaired) electrons. The summed E-state index contributed by atoms with van der Waals surface area (Å²) in [5, 5.41) is 3.49. The van der Waals surface area contributed by atoms with Crippen molar-refractivity contribution >= 4 is 29.9 Å². The maximum absolute atomic E-state index is 4.89. The van der Waals surface area contributed by atoms with E-state index in [4.69, 9.17) is 4.99 Å². The fourth-order valence-corrected chi connectivity index (χ4v) is 3.80. The molecule has 0 amide bonds. The van der Waals surface area contributed by atoms with E-state index in [9.17, 15) is 0 Å². The van der Waals surface area contributed by atoms with Crippen LogP contribution >= 0.6 is 24.0 Å². The van der Waals surface area contributed by atoms with Gasteiger partial charge in [0.15, 0.2) is 5.96 Å². The molecule has 0 bridgehead atoms. The number of likely N-dealkylation sites (tertiary alicyclic amines) is 1. The molecule has 3 rings (SSSR count). The van der Waals surface area contributed by atoms with E-state index in [0.29, 0.717) is 5.41 Å². The van der Waals surface area contributed by atoms with Gasteiger partial charge in [-0.3, -0.25) is 4.99 Å². The van der Waals surface area contributed by atoms with Gasteiger partial charge in [0.25, 0.3) is 0 Å². The lowest BCUT2D eigenvalue weighted by Crippen LogP contribution is -2.42. The van der Waals surface area contributed by atoms with Crippen LogP contribution in [0, 0.1) is 12.3 Å². The Labute approximate surface area is 158 Å². The predicted octanol–water partition coefficient (Wildman–Crippen LogP) is 4.00. The van der Waals surface area contributed by atoms with Gasteiger partial charge in [-0.05, 0) is 56.1 Å². The van der Waals surface area contributed by atoms with Crippen molar-refractivity contribution in [3.05, 3.63) is 35.4 Å². The van der Waals surface area contributed by atoms with Crippen LogP contribution < -0.4 is 5.32 Å². The van der Waals surface area contributed by atoms with E-state index in [0.717, 1.165) is 25.5 Å². The fourth-order valence-electron chi connectivity index (χ4n) is 3.80. The zero-order valence-electron chi connectivity index (χ0n) is 14.5. The smallest absolute Gasteiger partial charge is 0.193 e. The van der Waals surface area contributed by atoms with E-state index < -0.39 is 0 Å². The van der Waals surface area contributed by atoms with Crippen LogP contribution in [0.2, 0.25) is 0 Å². The van der Waals surface area contributed by atoms with E-state index in [1.807, 2.05) is 0 Å². The van der Waals surface area contributed by atoms with Gasteiger partial charge in [0.05, 0.1) is 0 Å². The molecular formula is C19H30IN3. The third-order valence-corrected chi connectivity index (χ3v) is 5.39. The normalized spacial score (nSPS) is 19.4. The molecule has 1 saturated carbocycles. The third-order valence-electron chi connectivity index (χ3n) is 5.39. The Balaban J connectivity index is 0.00000192. The molecule has 0 unspecified atom stereocenters. The Morgan fingerprint density at radius 3 is 2.65 bits per heavy atom. The first-order valence-corrected chi connectivity index (χ1v) is 8.80. The highest BCUT2D eigenvalue weighted by Crippen LogP contribution is 2.47. The number of rotatable bonds is 4. The highest BCUT2D eigenvalue weighted by molar-refractivity contribution is 14.0. The number of aliphatic imine (C=N–C) groups is 1. The maximum Gasteiger partial charge on any atom is 0.193 e. The summed E-state index contributed by atoms with van der Waals surface area (Å²) in [6, 6.07) is 8.63. The number of halogens is 1. The largest absolute Gasteiger partial charge is 0.357 e. The highest BCUT2D eigenvalue weighted by Gasteiger charge is 2.43. The lowest BCUT2D eigenvalue weighted by atomic mass is 9.68. The van der Waals surface area contributed by atoms with Gasteiger partial charge in [-0.15, -0.1) is 24.0 Å². The molecule has 1 heterocycles. The van der Waals surface area contributed by atoms with E-state index in [1.165, 1.54) is 49.9 Å². The molecule has 4 heteroatoms. The van der Waals surface area contributed by atoms with Crippen molar-refractivity contribution in [2.75, 3.05) is 26.2 Å². The number of nitrogens with zero attached hydrogens (tertiary/aromatic N) is 2. The lowest BCUT2D eigenvalue weighted by Gasteiger charge is -2.38. The first-order chi connectivity index (χ1) is 10.7. The van der Waals surface area contributed by atoms with Gasteiger partial charge < -0.3 is 10.2 Å². The van der Waals surface area contributed by atoms with Crippen molar-refractivity contribution in [2.24, 2.45) is 10.4 Å². The first-order valence-electron chi connectivity index (χ1n) is 8.80. The number of guanidine groups is 1. The average molecular weight is 427 g/mol. The molecule has 3 nitrogen and oxygen atoms in total. The van der Waals surface area contributed by atoms with Crippen LogP contribution in [0.25, 0.3) is 0 Å². The van der Waals surface area contributed by atoms with E-state index in [2.05, 4.69) is 48.3 Å². The molecular weight excluding hydrogens is 397 g/mol. The molecule has 23 heavy (non-hydrogen) atoms. The van der Waals surface area contributed by atoms with Gasteiger partial charge in [-0.25, -0.2) is 0 Å². The first kappa shape index (κ1) is 18.6. The third kappa shape index (κ3) is 4.40. The van der Waals surface area contributed by atoms with Crippen molar-refractivity contribution < 1.29 is 0 Å². The van der Waals surface area contributed by atoms with Gasteiger partial charge in [0.2, 0.25) is 0 Å². The molecule has 1 aliphatic heterocycles. The molecule has 1 saturated heterocycles. The summed E-state index contributed by atoms with van der Waals surface area (Å²) < 4.78 is 0. The number of hydrogen-bond acceptors (Lipinski definition) is 1. The SMILES string of the molecule is CCNC(=NCCc1ccccc1C)N1CCC2(CCC2)C1.I. The van der Waals surface area contributed by atoms with Gasteiger partial charge in [0.1, 0.15) is 0 Å². The molecule has 1 spiro atoms. The van der Waals surface area contributed by atoms with Gasteiger partial charge in [-0.2, -0.15) is 0 Å². The minimum atomic E-state index is 0. The molecule has 128 valence electrons. The second-order valence-electron chi connectivity index (χ2n) is 6.94. The molecule has 0 atom stereocenters. The van der Waals surface area contributed by atoms with Crippen LogP contribution in [-0.4, -0.2) is 37.0 Å². The van der Waals surface area contributed by atoms with E-state index in [-0.39, 0.29) is 24.0 Å². The summed E-state index contributed by atoms with van der Waals surface area (Å²) >= 11 is 0. The summed E-state index contributed by atoms with van der Waals surface area (Å²) in [4.78, 5) is 7.37. The Kier molecular flexibility index (Phi) is 6.74. The van der Waals surface area contributed by atoms with E-state index in [1.54, 1.807) is 0 Å². The zero-order valence-corrected chi connectivity index (χ0v) is 16.8. The van der Waals surface area contributed by atoms with Crippen LogP contribution in [0.5, 0.6) is 0 Å². The van der Waals surface area contributed by atoms with Crippen molar-refractivity contribution in [2.45, 2.75) is 46.0 Å². The summed E-state index contributed by atoms with van der Waals surface area (Å²) in [7, 11) is 0. The number of nitrogens with one attached hydrogen (secondary N) is 1. The molecule has 2 aliphatic rings. The maximum atomic E-state index is 4.89. The molecule has 1 aromatic carbocycles. The Hall–Kier alpha value is -0.780. The Morgan fingerprint density at radius 2 is 2.04 bits per heavy atom. The highest BCUT2D eigenvalue weighted by atomic mass is 127. The quantitative estimate of drug-likeness (QED) is 0.447. The van der Waals surface area contributed by atoms with Crippen LogP contribution in [0.1, 0.15) is 43.7 Å². The summed E-state index contributed by atoms with van der Waals surface area (Å²) in [6.45, 7) is 8.56. The molecule has 0 aromatic heterocycles. The van der Waals surface area contributed by atoms with Gasteiger partial charge in [-0.1, -0.05) is 30.7 Å². The van der Waals surface area contributed by atoms with E-state index >= 15 is 0 Å².